The Balaban J connectivity index is 2.05. The maximum absolute atomic E-state index is 11.9. The summed E-state index contributed by atoms with van der Waals surface area (Å²) in [7, 11) is 0. The van der Waals surface area contributed by atoms with Crippen molar-refractivity contribution in [1.29, 1.82) is 0 Å². The number of halogens is 2. The number of amides is 1. The van der Waals surface area contributed by atoms with E-state index in [0.29, 0.717) is 10.8 Å². The molecule has 1 amide bonds. The van der Waals surface area contributed by atoms with E-state index >= 15 is 0 Å². The fraction of sp³-hybridized carbons (Fsp3) is 0.143. The van der Waals surface area contributed by atoms with Crippen molar-refractivity contribution in [1.82, 2.24) is 4.98 Å². The average Bonchev–Trinajstić information content (AvgIpc) is 2.37. The molecule has 0 saturated heterocycles. The van der Waals surface area contributed by atoms with Gasteiger partial charge in [0.25, 0.3) is 0 Å². The summed E-state index contributed by atoms with van der Waals surface area (Å²) >= 11 is 9.38. The number of nitrogens with one attached hydrogen (secondary N) is 1. The van der Waals surface area contributed by atoms with Crippen LogP contribution in [0.25, 0.3) is 0 Å². The van der Waals surface area contributed by atoms with Crippen LogP contribution in [0.1, 0.15) is 11.3 Å². The Morgan fingerprint density at radius 1 is 1.32 bits per heavy atom. The molecule has 0 aliphatic heterocycles. The molecule has 0 atom stereocenters. The minimum atomic E-state index is -0.137. The Labute approximate surface area is 125 Å². The lowest BCUT2D eigenvalue weighted by atomic mass is 10.1. The van der Waals surface area contributed by atoms with Crippen molar-refractivity contribution in [2.75, 3.05) is 5.32 Å². The highest BCUT2D eigenvalue weighted by Crippen LogP contribution is 2.18. The number of carbonyl (C=O) groups is 1. The smallest absolute Gasteiger partial charge is 0.230 e. The maximum atomic E-state index is 11.9. The van der Waals surface area contributed by atoms with Gasteiger partial charge in [-0.3, -0.25) is 4.79 Å². The number of aromatic nitrogens is 1. The second-order valence-corrected chi connectivity index (χ2v) is 5.34. The first-order chi connectivity index (χ1) is 9.06. The van der Waals surface area contributed by atoms with Gasteiger partial charge in [0.1, 0.15) is 5.82 Å². The molecule has 1 aromatic carbocycles. The monoisotopic (exact) mass is 338 g/mol. The molecule has 1 heterocycles. The highest BCUT2D eigenvalue weighted by Gasteiger charge is 2.08. The molecule has 5 heteroatoms. The fourth-order valence-electron chi connectivity index (χ4n) is 1.62. The van der Waals surface area contributed by atoms with Crippen molar-refractivity contribution < 1.29 is 4.79 Å². The Morgan fingerprint density at radius 3 is 2.74 bits per heavy atom. The third-order valence-corrected chi connectivity index (χ3v) is 3.80. The Morgan fingerprint density at radius 2 is 2.05 bits per heavy atom. The molecule has 0 spiro atoms. The minimum absolute atomic E-state index is 0.137. The number of carbonyl (C=O) groups excluding carboxylic acids is 1. The Kier molecular flexibility index (Phi) is 4.56. The lowest BCUT2D eigenvalue weighted by Crippen LogP contribution is -2.15. The van der Waals surface area contributed by atoms with Crippen LogP contribution in [0, 0.1) is 6.92 Å². The molecule has 98 valence electrons. The number of anilines is 1. The van der Waals surface area contributed by atoms with E-state index in [0.717, 1.165) is 15.7 Å². The van der Waals surface area contributed by atoms with Crippen LogP contribution in [0.3, 0.4) is 0 Å². The molecule has 0 unspecified atom stereocenters. The van der Waals surface area contributed by atoms with Gasteiger partial charge in [0.15, 0.2) is 0 Å². The summed E-state index contributed by atoms with van der Waals surface area (Å²) in [5.74, 6) is 0.403. The molecule has 2 aromatic rings. The summed E-state index contributed by atoms with van der Waals surface area (Å²) in [6, 6.07) is 10.9. The number of nitrogens with zero attached hydrogens (tertiary/aromatic N) is 1. The summed E-state index contributed by atoms with van der Waals surface area (Å²) in [5.41, 5.74) is 1.63. The first-order valence-corrected chi connectivity index (χ1v) is 6.90. The van der Waals surface area contributed by atoms with Crippen LogP contribution in [-0.4, -0.2) is 10.9 Å². The standard InChI is InChI=1S/C14H12BrClN2O/c1-9-11(15)6-7-13(17-9)18-14(19)8-10-4-2-3-5-12(10)16/h2-7H,8H2,1H3,(H,17,18,19). The van der Waals surface area contributed by atoms with Crippen LogP contribution < -0.4 is 5.32 Å². The summed E-state index contributed by atoms with van der Waals surface area (Å²) in [6.45, 7) is 1.87. The second-order valence-electron chi connectivity index (χ2n) is 4.08. The predicted molar refractivity (Wildman–Crippen MR) is 80.5 cm³/mol. The van der Waals surface area contributed by atoms with E-state index in [-0.39, 0.29) is 12.3 Å². The van der Waals surface area contributed by atoms with Gasteiger partial charge in [0.05, 0.1) is 12.1 Å². The van der Waals surface area contributed by atoms with Crippen LogP contribution in [-0.2, 0) is 11.2 Å². The van der Waals surface area contributed by atoms with Crippen LogP contribution >= 0.6 is 27.5 Å². The third kappa shape index (κ3) is 3.78. The van der Waals surface area contributed by atoms with Gasteiger partial charge in [-0.05, 0) is 46.6 Å². The molecular weight excluding hydrogens is 328 g/mol. The van der Waals surface area contributed by atoms with Gasteiger partial charge >= 0.3 is 0 Å². The zero-order valence-corrected chi connectivity index (χ0v) is 12.6. The quantitative estimate of drug-likeness (QED) is 0.919. The molecule has 0 fully saturated rings. The van der Waals surface area contributed by atoms with Gasteiger partial charge in [-0.2, -0.15) is 0 Å². The summed E-state index contributed by atoms with van der Waals surface area (Å²) < 4.78 is 0.914. The molecule has 0 bridgehead atoms. The van der Waals surface area contributed by atoms with Crippen LogP contribution in [0.2, 0.25) is 5.02 Å². The molecule has 0 aliphatic rings. The number of aryl methyl sites for hydroxylation is 1. The molecule has 1 N–H and O–H groups in total. The van der Waals surface area contributed by atoms with Gasteiger partial charge in [0, 0.05) is 9.50 Å². The van der Waals surface area contributed by atoms with Gasteiger partial charge in [0.2, 0.25) is 5.91 Å². The highest BCUT2D eigenvalue weighted by molar-refractivity contribution is 9.10. The van der Waals surface area contributed by atoms with E-state index in [9.17, 15) is 4.79 Å². The number of benzene rings is 1. The molecule has 19 heavy (non-hydrogen) atoms. The van der Waals surface area contributed by atoms with Crippen molar-refractivity contribution in [3.05, 3.63) is 57.2 Å². The molecule has 0 saturated carbocycles. The molecule has 0 aliphatic carbocycles. The normalized spacial score (nSPS) is 10.3. The summed E-state index contributed by atoms with van der Waals surface area (Å²) in [6.07, 6.45) is 0.233. The van der Waals surface area contributed by atoms with E-state index in [1.165, 1.54) is 0 Å². The first kappa shape index (κ1) is 14.0. The predicted octanol–water partition coefficient (Wildman–Crippen LogP) is 3.99. The van der Waals surface area contributed by atoms with Gasteiger partial charge < -0.3 is 5.32 Å². The van der Waals surface area contributed by atoms with E-state index in [2.05, 4.69) is 26.2 Å². The number of hydrogen-bond donors (Lipinski definition) is 1. The van der Waals surface area contributed by atoms with Gasteiger partial charge in [-0.25, -0.2) is 4.98 Å². The number of rotatable bonds is 3. The van der Waals surface area contributed by atoms with Crippen LogP contribution in [0.5, 0.6) is 0 Å². The highest BCUT2D eigenvalue weighted by atomic mass is 79.9. The zero-order valence-electron chi connectivity index (χ0n) is 10.3. The van der Waals surface area contributed by atoms with E-state index in [1.807, 2.05) is 31.2 Å². The molecule has 3 nitrogen and oxygen atoms in total. The molecule has 1 aromatic heterocycles. The van der Waals surface area contributed by atoms with Crippen molar-refractivity contribution in [2.24, 2.45) is 0 Å². The maximum Gasteiger partial charge on any atom is 0.230 e. The van der Waals surface area contributed by atoms with Crippen LogP contribution in [0.4, 0.5) is 5.82 Å². The van der Waals surface area contributed by atoms with Crippen LogP contribution in [0.15, 0.2) is 40.9 Å². The van der Waals surface area contributed by atoms with E-state index < -0.39 is 0 Å². The number of pyridine rings is 1. The van der Waals surface area contributed by atoms with Crippen molar-refractivity contribution in [3.63, 3.8) is 0 Å². The molecular formula is C14H12BrClN2O. The SMILES string of the molecule is Cc1nc(NC(=O)Cc2ccccc2Cl)ccc1Br. The molecule has 0 radical (unpaired) electrons. The van der Waals surface area contributed by atoms with E-state index in [4.69, 9.17) is 11.6 Å². The average molecular weight is 340 g/mol. The lowest BCUT2D eigenvalue weighted by Gasteiger charge is -2.07. The molecule has 2 rings (SSSR count). The lowest BCUT2D eigenvalue weighted by molar-refractivity contribution is -0.115. The number of hydrogen-bond acceptors (Lipinski definition) is 2. The largest absolute Gasteiger partial charge is 0.310 e. The van der Waals surface area contributed by atoms with E-state index in [1.54, 1.807) is 12.1 Å². The van der Waals surface area contributed by atoms with Crippen molar-refractivity contribution in [2.45, 2.75) is 13.3 Å². The fourth-order valence-corrected chi connectivity index (χ4v) is 2.04. The van der Waals surface area contributed by atoms with Crippen molar-refractivity contribution in [3.8, 4) is 0 Å². The van der Waals surface area contributed by atoms with Gasteiger partial charge in [-0.15, -0.1) is 0 Å². The third-order valence-electron chi connectivity index (χ3n) is 2.60. The summed E-state index contributed by atoms with van der Waals surface area (Å²) in [4.78, 5) is 16.2. The summed E-state index contributed by atoms with van der Waals surface area (Å²) in [5, 5.41) is 3.35. The van der Waals surface area contributed by atoms with Gasteiger partial charge in [-0.1, -0.05) is 29.8 Å². The first-order valence-electron chi connectivity index (χ1n) is 5.72. The minimum Gasteiger partial charge on any atom is -0.310 e. The topological polar surface area (TPSA) is 42.0 Å². The Bertz CT molecular complexity index is 616. The van der Waals surface area contributed by atoms with Crippen molar-refractivity contribution >= 4 is 39.3 Å². The zero-order chi connectivity index (χ0) is 13.8. The Hall–Kier alpha value is -1.39. The second kappa shape index (κ2) is 6.17.